The predicted molar refractivity (Wildman–Crippen MR) is 84.6 cm³/mol. The first-order valence-electron chi connectivity index (χ1n) is 7.35. The molecule has 1 fully saturated rings. The average molecular weight is 320 g/mol. The lowest BCUT2D eigenvalue weighted by atomic mass is 10.2. The minimum Gasteiger partial charge on any atom is -0.376 e. The first kappa shape index (κ1) is 15.1. The Morgan fingerprint density at radius 3 is 3.14 bits per heavy atom. The molecule has 116 valence electrons. The summed E-state index contributed by atoms with van der Waals surface area (Å²) in [5.74, 6) is -0.124. The summed E-state index contributed by atoms with van der Waals surface area (Å²) in [6.07, 6.45) is 3.78. The maximum atomic E-state index is 12.3. The third kappa shape index (κ3) is 3.15. The molecule has 1 N–H and O–H groups in total. The van der Waals surface area contributed by atoms with Gasteiger partial charge in [0.25, 0.3) is 5.91 Å². The monoisotopic (exact) mass is 319 g/mol. The summed E-state index contributed by atoms with van der Waals surface area (Å²) in [5.41, 5.74) is 2.19. The molecule has 0 radical (unpaired) electrons. The topological polar surface area (TPSA) is 56.1 Å². The lowest BCUT2D eigenvalue weighted by molar-refractivity contribution is 0.0857. The summed E-state index contributed by atoms with van der Waals surface area (Å²) in [5, 5.41) is 7.84. The van der Waals surface area contributed by atoms with Crippen molar-refractivity contribution in [3.05, 3.63) is 46.7 Å². The molecule has 1 aliphatic rings. The Hall–Kier alpha value is -1.85. The molecule has 22 heavy (non-hydrogen) atoms. The lowest BCUT2D eigenvalue weighted by Crippen LogP contribution is -2.32. The average Bonchev–Trinajstić information content (AvgIpc) is 3.14. The molecule has 0 unspecified atom stereocenters. The molecule has 5 nitrogen and oxygen atoms in total. The van der Waals surface area contributed by atoms with Crippen molar-refractivity contribution in [2.75, 3.05) is 13.2 Å². The number of carbonyl (C=O) groups excluding carboxylic acids is 1. The van der Waals surface area contributed by atoms with Crippen LogP contribution >= 0.6 is 11.6 Å². The number of carbonyl (C=O) groups is 1. The summed E-state index contributed by atoms with van der Waals surface area (Å²) in [7, 11) is 0. The van der Waals surface area contributed by atoms with Crippen molar-refractivity contribution in [1.29, 1.82) is 0 Å². The van der Waals surface area contributed by atoms with Gasteiger partial charge in [0.1, 0.15) is 0 Å². The van der Waals surface area contributed by atoms with E-state index in [0.717, 1.165) is 30.8 Å². The standard InChI is InChI=1S/C16H18ClN3O2/c1-11-15(16(21)18-9-14-6-3-7-22-14)10-19-20(11)13-5-2-4-12(17)8-13/h2,4-5,8,10,14H,3,6-7,9H2,1H3,(H,18,21)/t14-/m1/s1. The Morgan fingerprint density at radius 1 is 1.55 bits per heavy atom. The molecule has 0 bridgehead atoms. The fourth-order valence-corrected chi connectivity index (χ4v) is 2.79. The van der Waals surface area contributed by atoms with Crippen LogP contribution in [0, 0.1) is 6.92 Å². The van der Waals surface area contributed by atoms with Gasteiger partial charge in [0.2, 0.25) is 0 Å². The van der Waals surface area contributed by atoms with Crippen LogP contribution in [0.3, 0.4) is 0 Å². The van der Waals surface area contributed by atoms with Gasteiger partial charge in [-0.15, -0.1) is 0 Å². The van der Waals surface area contributed by atoms with Gasteiger partial charge in [0.05, 0.1) is 29.2 Å². The Morgan fingerprint density at radius 2 is 2.41 bits per heavy atom. The van der Waals surface area contributed by atoms with Crippen LogP contribution in [0.2, 0.25) is 5.02 Å². The van der Waals surface area contributed by atoms with Crippen LogP contribution < -0.4 is 5.32 Å². The van der Waals surface area contributed by atoms with Gasteiger partial charge in [-0.1, -0.05) is 17.7 Å². The zero-order chi connectivity index (χ0) is 15.5. The van der Waals surface area contributed by atoms with E-state index in [9.17, 15) is 4.79 Å². The van der Waals surface area contributed by atoms with Gasteiger partial charge in [0.15, 0.2) is 0 Å². The van der Waals surface area contributed by atoms with E-state index in [-0.39, 0.29) is 12.0 Å². The molecule has 1 atom stereocenters. The van der Waals surface area contributed by atoms with Gasteiger partial charge in [-0.2, -0.15) is 5.10 Å². The normalized spacial score (nSPS) is 17.6. The summed E-state index contributed by atoms with van der Waals surface area (Å²) >= 11 is 6.00. The zero-order valence-electron chi connectivity index (χ0n) is 12.4. The molecule has 1 aliphatic heterocycles. The lowest BCUT2D eigenvalue weighted by Gasteiger charge is -2.10. The van der Waals surface area contributed by atoms with E-state index in [2.05, 4.69) is 10.4 Å². The van der Waals surface area contributed by atoms with E-state index in [4.69, 9.17) is 16.3 Å². The Balaban J connectivity index is 1.73. The highest BCUT2D eigenvalue weighted by Gasteiger charge is 2.19. The Labute approximate surface area is 134 Å². The first-order valence-corrected chi connectivity index (χ1v) is 7.73. The quantitative estimate of drug-likeness (QED) is 0.942. The molecule has 1 saturated heterocycles. The van der Waals surface area contributed by atoms with Gasteiger partial charge >= 0.3 is 0 Å². The number of nitrogens with one attached hydrogen (secondary N) is 1. The fraction of sp³-hybridized carbons (Fsp3) is 0.375. The second-order valence-electron chi connectivity index (χ2n) is 5.38. The molecule has 1 aromatic carbocycles. The van der Waals surface area contributed by atoms with Gasteiger partial charge in [-0.05, 0) is 38.0 Å². The second-order valence-corrected chi connectivity index (χ2v) is 5.82. The number of nitrogens with zero attached hydrogens (tertiary/aromatic N) is 2. The summed E-state index contributed by atoms with van der Waals surface area (Å²) in [4.78, 5) is 12.3. The number of rotatable bonds is 4. The van der Waals surface area contributed by atoms with E-state index < -0.39 is 0 Å². The van der Waals surface area contributed by atoms with E-state index >= 15 is 0 Å². The highest BCUT2D eigenvalue weighted by atomic mass is 35.5. The molecular formula is C16H18ClN3O2. The minimum atomic E-state index is -0.124. The molecule has 1 aromatic heterocycles. The van der Waals surface area contributed by atoms with Crippen LogP contribution in [-0.2, 0) is 4.74 Å². The third-order valence-corrected chi connectivity index (χ3v) is 4.06. The van der Waals surface area contributed by atoms with Crippen LogP contribution in [0.5, 0.6) is 0 Å². The highest BCUT2D eigenvalue weighted by Crippen LogP contribution is 2.18. The van der Waals surface area contributed by atoms with Crippen molar-refractivity contribution in [1.82, 2.24) is 15.1 Å². The number of halogens is 1. The first-order chi connectivity index (χ1) is 10.6. The van der Waals surface area contributed by atoms with Crippen LogP contribution in [0.25, 0.3) is 5.69 Å². The molecule has 2 aromatic rings. The maximum Gasteiger partial charge on any atom is 0.254 e. The predicted octanol–water partition coefficient (Wildman–Crippen LogP) is 2.74. The summed E-state index contributed by atoms with van der Waals surface area (Å²) in [6, 6.07) is 7.38. The molecule has 3 rings (SSSR count). The number of hydrogen-bond donors (Lipinski definition) is 1. The van der Waals surface area contributed by atoms with Gasteiger partial charge in [-0.3, -0.25) is 4.79 Å². The molecular weight excluding hydrogens is 302 g/mol. The number of aromatic nitrogens is 2. The second kappa shape index (κ2) is 6.50. The smallest absolute Gasteiger partial charge is 0.254 e. The molecule has 0 spiro atoms. The van der Waals surface area contributed by atoms with E-state index in [1.807, 2.05) is 25.1 Å². The SMILES string of the molecule is Cc1c(C(=O)NC[C@H]2CCCO2)cnn1-c1cccc(Cl)c1. The van der Waals surface area contributed by atoms with Gasteiger partial charge in [-0.25, -0.2) is 4.68 Å². The fourth-order valence-electron chi connectivity index (χ4n) is 2.61. The number of amides is 1. The zero-order valence-corrected chi connectivity index (χ0v) is 13.1. The summed E-state index contributed by atoms with van der Waals surface area (Å²) < 4.78 is 7.22. The Kier molecular flexibility index (Phi) is 4.45. The van der Waals surface area contributed by atoms with E-state index in [0.29, 0.717) is 17.1 Å². The molecule has 2 heterocycles. The molecule has 1 amide bonds. The van der Waals surface area contributed by atoms with Crippen molar-refractivity contribution in [2.45, 2.75) is 25.9 Å². The highest BCUT2D eigenvalue weighted by molar-refractivity contribution is 6.30. The molecule has 6 heteroatoms. The van der Waals surface area contributed by atoms with Crippen molar-refractivity contribution in [3.63, 3.8) is 0 Å². The number of benzene rings is 1. The van der Waals surface area contributed by atoms with Crippen LogP contribution in [0.4, 0.5) is 0 Å². The molecule has 0 saturated carbocycles. The number of hydrogen-bond acceptors (Lipinski definition) is 3. The maximum absolute atomic E-state index is 12.3. The summed E-state index contributed by atoms with van der Waals surface area (Å²) in [6.45, 7) is 3.20. The largest absolute Gasteiger partial charge is 0.376 e. The van der Waals surface area contributed by atoms with Crippen molar-refractivity contribution in [2.24, 2.45) is 0 Å². The van der Waals surface area contributed by atoms with Crippen LogP contribution in [0.15, 0.2) is 30.5 Å². The molecule has 0 aliphatic carbocycles. The Bertz CT molecular complexity index is 678. The van der Waals surface area contributed by atoms with Crippen LogP contribution in [-0.4, -0.2) is 34.9 Å². The van der Waals surface area contributed by atoms with Crippen molar-refractivity contribution < 1.29 is 9.53 Å². The van der Waals surface area contributed by atoms with Crippen molar-refractivity contribution in [3.8, 4) is 5.69 Å². The third-order valence-electron chi connectivity index (χ3n) is 3.82. The van der Waals surface area contributed by atoms with E-state index in [1.165, 1.54) is 0 Å². The number of ether oxygens (including phenoxy) is 1. The van der Waals surface area contributed by atoms with E-state index in [1.54, 1.807) is 16.9 Å². The van der Waals surface area contributed by atoms with Gasteiger partial charge < -0.3 is 10.1 Å². The van der Waals surface area contributed by atoms with Crippen molar-refractivity contribution >= 4 is 17.5 Å². The van der Waals surface area contributed by atoms with Crippen LogP contribution in [0.1, 0.15) is 28.9 Å². The van der Waals surface area contributed by atoms with Gasteiger partial charge in [0, 0.05) is 18.2 Å². The minimum absolute atomic E-state index is 0.124.